The summed E-state index contributed by atoms with van der Waals surface area (Å²) in [5.74, 6) is -18.2. The number of aryl methyl sites for hydroxylation is 2. The van der Waals surface area contributed by atoms with Crippen LogP contribution in [-0.2, 0) is 36.1 Å². The molecule has 1 saturated carbocycles. The summed E-state index contributed by atoms with van der Waals surface area (Å²) in [4.78, 5) is 69.5. The van der Waals surface area contributed by atoms with E-state index in [0.717, 1.165) is 40.3 Å². The molecule has 4 atom stereocenters. The van der Waals surface area contributed by atoms with Crippen LogP contribution in [-0.4, -0.2) is 78.6 Å². The first kappa shape index (κ1) is 42.3. The molecule has 1 aliphatic carbocycles. The molecule has 1 saturated heterocycles. The Labute approximate surface area is 354 Å². The summed E-state index contributed by atoms with van der Waals surface area (Å²) in [5.41, 5.74) is -3.92. The molecular formula is C39H31Cl2F5N6O10. The summed E-state index contributed by atoms with van der Waals surface area (Å²) in [6, 6.07) is 3.74. The molecule has 1 N–H and O–H groups in total. The minimum absolute atomic E-state index is 0.00710. The van der Waals surface area contributed by atoms with Crippen molar-refractivity contribution in [2.24, 2.45) is 7.05 Å². The number of ether oxygens (including phenoxy) is 4. The van der Waals surface area contributed by atoms with E-state index in [1.54, 1.807) is 12.1 Å². The van der Waals surface area contributed by atoms with Gasteiger partial charge in [-0.25, -0.2) is 55.4 Å². The third-order valence-corrected chi connectivity index (χ3v) is 13.0. The maximum Gasteiger partial charge on any atom is 0.347 e. The molecule has 0 radical (unpaired) electrons. The number of carbonyl (C=O) groups excluding carboxylic acids is 2. The molecule has 2 fully saturated rings. The van der Waals surface area contributed by atoms with Gasteiger partial charge < -0.3 is 28.6 Å². The number of methoxy groups -OCH3 is 4. The molecule has 0 unspecified atom stereocenters. The van der Waals surface area contributed by atoms with Crippen molar-refractivity contribution in [1.29, 1.82) is 0 Å². The van der Waals surface area contributed by atoms with Crippen molar-refractivity contribution < 1.29 is 55.6 Å². The van der Waals surface area contributed by atoms with E-state index in [1.165, 1.54) is 31.9 Å². The summed E-state index contributed by atoms with van der Waals surface area (Å²) >= 11 is 14.4. The lowest BCUT2D eigenvalue weighted by atomic mass is 9.64. The van der Waals surface area contributed by atoms with Crippen molar-refractivity contribution in [3.63, 3.8) is 0 Å². The third-order valence-electron chi connectivity index (χ3n) is 11.6. The molecule has 0 bridgehead atoms. The van der Waals surface area contributed by atoms with Gasteiger partial charge in [0, 0.05) is 62.2 Å². The summed E-state index contributed by atoms with van der Waals surface area (Å²) in [6.45, 7) is -0.802. The van der Waals surface area contributed by atoms with Gasteiger partial charge >= 0.3 is 11.4 Å². The summed E-state index contributed by atoms with van der Waals surface area (Å²) in [5, 5.41) is 10.5. The Bertz CT molecular complexity index is 2990. The molecule has 5 aromatic rings. The Morgan fingerprint density at radius 2 is 1.35 bits per heavy atom. The molecule has 8 rings (SSSR count). The number of imide groups is 1. The van der Waals surface area contributed by atoms with E-state index < -0.39 is 110 Å². The number of amides is 2. The highest BCUT2D eigenvalue weighted by molar-refractivity contribution is 6.58. The Kier molecular flexibility index (Phi) is 10.0. The molecule has 4 heterocycles. The molecule has 23 heteroatoms. The number of phenolic OH excluding ortho intramolecular Hbond substituents is 1. The second kappa shape index (κ2) is 14.6. The van der Waals surface area contributed by atoms with Gasteiger partial charge in [0.1, 0.15) is 28.6 Å². The van der Waals surface area contributed by atoms with Gasteiger partial charge in [0.05, 0.1) is 52.1 Å². The number of rotatable bonds is 9. The van der Waals surface area contributed by atoms with Crippen molar-refractivity contribution in [2.45, 2.75) is 47.6 Å². The second-order valence-corrected chi connectivity index (χ2v) is 15.8. The predicted octanol–water partition coefficient (Wildman–Crippen LogP) is 3.93. The van der Waals surface area contributed by atoms with Gasteiger partial charge in [-0.05, 0) is 5.57 Å². The summed E-state index contributed by atoms with van der Waals surface area (Å²) in [6.07, 6.45) is 0.259. The monoisotopic (exact) mass is 908 g/mol. The second-order valence-electron chi connectivity index (χ2n) is 14.5. The standard InChI is InChI=1S/C39H31Cl2F5N6O10/c1-48-19-13-22(60-3)21(59-2)12-18(19)47-17(33(48)54)7-8-49-36(57)50-9-6-16-20(52(50)37(49)58)14-38(40)34(55)51(32-30(45)28(43)27(42)29(44)31(32)46)35(56)39(38,41)26(16)25-23(61-4)10-15(53)11-24(25)62-5/h6,10-13,20,26,53H,7-9,14H2,1-5H3/t20-,26-,38-,39+/m1/s1. The van der Waals surface area contributed by atoms with E-state index in [2.05, 4.69) is 4.98 Å². The zero-order valence-electron chi connectivity index (χ0n) is 32.8. The molecule has 326 valence electrons. The van der Waals surface area contributed by atoms with Gasteiger partial charge in [-0.3, -0.25) is 14.4 Å². The Morgan fingerprint density at radius 1 is 0.790 bits per heavy atom. The number of fused-ring (bicyclic) bond motifs is 5. The van der Waals surface area contributed by atoms with Crippen molar-refractivity contribution in [1.82, 2.24) is 23.5 Å². The number of allylic oxidation sites excluding steroid dienone is 2. The maximum atomic E-state index is 15.5. The number of alkyl halides is 2. The minimum Gasteiger partial charge on any atom is -0.508 e. The van der Waals surface area contributed by atoms with Crippen LogP contribution in [0.25, 0.3) is 11.0 Å². The number of aromatic hydroxyl groups is 1. The SMILES string of the molecule is COc1cc2nc(CCn3c(=O)n4n(c3=O)[C@@H]3C[C@@]5(Cl)C(=O)N(c6c(F)c(F)c(F)c(F)c6F)C(=O)[C@@]5(Cl)[C@@H](c5c(OC)cc(O)cc5OC)C3=CC4)c(=O)n(C)c2cc1OC. The number of anilines is 1. The quantitative estimate of drug-likeness (QED) is 0.0566. The molecule has 3 aromatic carbocycles. The van der Waals surface area contributed by atoms with Crippen LogP contribution >= 0.6 is 23.2 Å². The van der Waals surface area contributed by atoms with Gasteiger partial charge in [-0.15, -0.1) is 23.2 Å². The molecular weight excluding hydrogens is 878 g/mol. The maximum absolute atomic E-state index is 15.5. The minimum atomic E-state index is -2.92. The highest BCUT2D eigenvalue weighted by Gasteiger charge is 2.77. The number of aromatic nitrogens is 5. The molecule has 16 nitrogen and oxygen atoms in total. The van der Waals surface area contributed by atoms with Crippen molar-refractivity contribution >= 4 is 51.7 Å². The highest BCUT2D eigenvalue weighted by Crippen LogP contribution is 2.66. The fourth-order valence-electron chi connectivity index (χ4n) is 8.68. The normalized spacial score (nSPS) is 21.7. The number of carbonyl (C=O) groups is 2. The first-order valence-electron chi connectivity index (χ1n) is 18.3. The molecule has 2 aliphatic heterocycles. The number of hydrogen-bond donors (Lipinski definition) is 1. The van der Waals surface area contributed by atoms with Crippen LogP contribution in [0.4, 0.5) is 27.6 Å². The van der Waals surface area contributed by atoms with E-state index in [4.69, 9.17) is 42.1 Å². The van der Waals surface area contributed by atoms with Gasteiger partial charge in [-0.1, -0.05) is 6.08 Å². The number of phenols is 1. The summed E-state index contributed by atoms with van der Waals surface area (Å²) in [7, 11) is 6.63. The molecule has 2 aromatic heterocycles. The fourth-order valence-corrected chi connectivity index (χ4v) is 9.58. The van der Waals surface area contributed by atoms with Crippen molar-refractivity contribution in [2.75, 3.05) is 33.3 Å². The van der Waals surface area contributed by atoms with E-state index in [9.17, 15) is 42.3 Å². The topological polar surface area (TPSA) is 178 Å². The Morgan fingerprint density at radius 3 is 1.94 bits per heavy atom. The van der Waals surface area contributed by atoms with Crippen LogP contribution in [0, 0.1) is 29.1 Å². The van der Waals surface area contributed by atoms with E-state index in [-0.39, 0.29) is 39.7 Å². The predicted molar refractivity (Wildman–Crippen MR) is 208 cm³/mol. The van der Waals surface area contributed by atoms with Crippen LogP contribution in [0.5, 0.6) is 28.7 Å². The molecule has 62 heavy (non-hydrogen) atoms. The lowest BCUT2D eigenvalue weighted by molar-refractivity contribution is -0.122. The number of halogens is 7. The largest absolute Gasteiger partial charge is 0.508 e. The number of hydrogen-bond acceptors (Lipinski definition) is 11. The van der Waals surface area contributed by atoms with Crippen LogP contribution in [0.2, 0.25) is 0 Å². The first-order valence-corrected chi connectivity index (χ1v) is 19.0. The van der Waals surface area contributed by atoms with Crippen molar-refractivity contribution in [3.8, 4) is 28.7 Å². The Hall–Kier alpha value is -6.35. The molecule has 2 amide bonds. The lowest BCUT2D eigenvalue weighted by Gasteiger charge is -2.49. The zero-order chi connectivity index (χ0) is 45.1. The first-order chi connectivity index (χ1) is 29.3. The Balaban J connectivity index is 1.29. The summed E-state index contributed by atoms with van der Waals surface area (Å²) < 4.78 is 100. The fraction of sp³-hybridized carbons (Fsp3) is 0.333. The van der Waals surface area contributed by atoms with Crippen LogP contribution in [0.1, 0.15) is 29.6 Å². The average molecular weight is 910 g/mol. The highest BCUT2D eigenvalue weighted by atomic mass is 35.5. The number of nitrogens with zero attached hydrogens (tertiary/aromatic N) is 6. The molecule has 3 aliphatic rings. The van der Waals surface area contributed by atoms with Gasteiger partial charge in [0.25, 0.3) is 17.4 Å². The van der Waals surface area contributed by atoms with Gasteiger partial charge in [0.2, 0.25) is 5.82 Å². The zero-order valence-corrected chi connectivity index (χ0v) is 34.3. The molecule has 0 spiro atoms. The van der Waals surface area contributed by atoms with Crippen LogP contribution in [0.15, 0.2) is 50.3 Å². The van der Waals surface area contributed by atoms with E-state index in [0.29, 0.717) is 22.5 Å². The average Bonchev–Trinajstić information content (AvgIpc) is 3.59. The van der Waals surface area contributed by atoms with Crippen LogP contribution < -0.4 is 40.8 Å². The van der Waals surface area contributed by atoms with E-state index in [1.807, 2.05) is 0 Å². The van der Waals surface area contributed by atoms with Gasteiger partial charge in [0.15, 0.2) is 44.5 Å². The smallest absolute Gasteiger partial charge is 0.347 e. The van der Waals surface area contributed by atoms with Crippen molar-refractivity contribution in [3.05, 3.63) is 108 Å². The lowest BCUT2D eigenvalue weighted by Crippen LogP contribution is -2.59. The van der Waals surface area contributed by atoms with Crippen LogP contribution in [0.3, 0.4) is 0 Å². The van der Waals surface area contributed by atoms with Gasteiger partial charge in [-0.2, -0.15) is 0 Å². The van der Waals surface area contributed by atoms with E-state index >= 15 is 8.78 Å². The third kappa shape index (κ3) is 5.55. The number of benzene rings is 3.